The zero-order chi connectivity index (χ0) is 12.1. The first-order chi connectivity index (χ1) is 8.28. The summed E-state index contributed by atoms with van der Waals surface area (Å²) in [6.07, 6.45) is 4.77. The van der Waals surface area contributed by atoms with Crippen LogP contribution in [0.25, 0.3) is 0 Å². The molecule has 0 aliphatic rings. The largest absolute Gasteiger partial charge is 0.469 e. The number of nitrogens with one attached hydrogen (secondary N) is 1. The highest BCUT2D eigenvalue weighted by Crippen LogP contribution is 2.14. The molecule has 92 valence electrons. The first-order valence-electron chi connectivity index (χ1n) is 5.88. The highest BCUT2D eigenvalue weighted by molar-refractivity contribution is 7.09. The van der Waals surface area contributed by atoms with E-state index < -0.39 is 0 Å². The Labute approximate surface area is 106 Å². The van der Waals surface area contributed by atoms with Gasteiger partial charge in [-0.2, -0.15) is 0 Å². The second-order valence-corrected chi connectivity index (χ2v) is 5.13. The number of thiazole rings is 1. The van der Waals surface area contributed by atoms with Crippen molar-refractivity contribution in [3.05, 3.63) is 40.2 Å². The van der Waals surface area contributed by atoms with Gasteiger partial charge in [0.2, 0.25) is 0 Å². The fraction of sp³-hybridized carbons (Fsp3) is 0.462. The van der Waals surface area contributed by atoms with E-state index in [1.165, 1.54) is 5.01 Å². The van der Waals surface area contributed by atoms with Gasteiger partial charge in [0, 0.05) is 30.0 Å². The number of nitrogens with zero attached hydrogens (tertiary/aromatic N) is 1. The van der Waals surface area contributed by atoms with Crippen molar-refractivity contribution < 1.29 is 4.42 Å². The van der Waals surface area contributed by atoms with Crippen LogP contribution in [0.5, 0.6) is 0 Å². The van der Waals surface area contributed by atoms with Gasteiger partial charge in [0.1, 0.15) is 5.76 Å². The van der Waals surface area contributed by atoms with Crippen LogP contribution in [0.2, 0.25) is 0 Å². The molecule has 0 saturated heterocycles. The van der Waals surface area contributed by atoms with E-state index in [1.807, 2.05) is 26.1 Å². The van der Waals surface area contributed by atoms with Crippen LogP contribution < -0.4 is 5.32 Å². The number of likely N-dealkylation sites (N-methyl/N-ethyl adjacent to an activating group) is 1. The predicted molar refractivity (Wildman–Crippen MR) is 70.4 cm³/mol. The zero-order valence-corrected chi connectivity index (χ0v) is 11.1. The van der Waals surface area contributed by atoms with E-state index >= 15 is 0 Å². The number of hydrogen-bond acceptors (Lipinski definition) is 4. The number of hydrogen-bond donors (Lipinski definition) is 1. The van der Waals surface area contributed by atoms with Crippen LogP contribution in [-0.2, 0) is 12.8 Å². The van der Waals surface area contributed by atoms with Crippen molar-refractivity contribution in [1.29, 1.82) is 0 Å². The van der Waals surface area contributed by atoms with Crippen molar-refractivity contribution in [2.45, 2.75) is 32.2 Å². The molecule has 0 radical (unpaired) electrons. The van der Waals surface area contributed by atoms with Gasteiger partial charge in [0.15, 0.2) is 0 Å². The van der Waals surface area contributed by atoms with Gasteiger partial charge in [0.05, 0.1) is 11.3 Å². The van der Waals surface area contributed by atoms with Gasteiger partial charge < -0.3 is 9.73 Å². The van der Waals surface area contributed by atoms with Gasteiger partial charge >= 0.3 is 0 Å². The highest BCUT2D eigenvalue weighted by Gasteiger charge is 2.10. The molecule has 1 N–H and O–H groups in total. The lowest BCUT2D eigenvalue weighted by Gasteiger charge is -2.13. The minimum absolute atomic E-state index is 0.464. The lowest BCUT2D eigenvalue weighted by atomic mass is 10.1. The van der Waals surface area contributed by atoms with Crippen LogP contribution in [0.4, 0.5) is 0 Å². The Morgan fingerprint density at radius 3 is 3.00 bits per heavy atom. The second kappa shape index (κ2) is 5.98. The lowest BCUT2D eigenvalue weighted by Crippen LogP contribution is -2.28. The van der Waals surface area contributed by atoms with Gasteiger partial charge in [-0.25, -0.2) is 4.98 Å². The van der Waals surface area contributed by atoms with E-state index in [4.69, 9.17) is 4.42 Å². The van der Waals surface area contributed by atoms with E-state index in [-0.39, 0.29) is 0 Å². The molecule has 2 rings (SSSR count). The van der Waals surface area contributed by atoms with Crippen molar-refractivity contribution in [3.63, 3.8) is 0 Å². The number of furan rings is 1. The molecule has 0 spiro atoms. The van der Waals surface area contributed by atoms with Gasteiger partial charge in [-0.3, -0.25) is 0 Å². The van der Waals surface area contributed by atoms with Crippen molar-refractivity contribution in [1.82, 2.24) is 10.3 Å². The molecule has 1 atom stereocenters. The van der Waals surface area contributed by atoms with E-state index in [0.717, 1.165) is 30.7 Å². The highest BCUT2D eigenvalue weighted by atomic mass is 32.1. The van der Waals surface area contributed by atoms with E-state index in [0.29, 0.717) is 6.04 Å². The molecule has 17 heavy (non-hydrogen) atoms. The molecular weight excluding hydrogens is 232 g/mol. The van der Waals surface area contributed by atoms with Crippen LogP contribution in [0.1, 0.15) is 22.9 Å². The SMILES string of the molecule is CNC(CCc1ccco1)Cc1nc(C)cs1. The Morgan fingerprint density at radius 1 is 1.53 bits per heavy atom. The summed E-state index contributed by atoms with van der Waals surface area (Å²) in [5.74, 6) is 1.06. The smallest absolute Gasteiger partial charge is 0.103 e. The topological polar surface area (TPSA) is 38.1 Å². The normalized spacial score (nSPS) is 12.8. The van der Waals surface area contributed by atoms with Gasteiger partial charge in [-0.05, 0) is 32.5 Å². The first-order valence-corrected chi connectivity index (χ1v) is 6.76. The van der Waals surface area contributed by atoms with Gasteiger partial charge in [-0.15, -0.1) is 11.3 Å². The summed E-state index contributed by atoms with van der Waals surface area (Å²) in [6, 6.07) is 4.43. The molecule has 0 fully saturated rings. The Kier molecular flexibility index (Phi) is 4.34. The van der Waals surface area contributed by atoms with Crippen LogP contribution >= 0.6 is 11.3 Å². The number of rotatable bonds is 6. The summed E-state index contributed by atoms with van der Waals surface area (Å²) in [6.45, 7) is 2.04. The minimum atomic E-state index is 0.464. The third kappa shape index (κ3) is 3.68. The molecular formula is C13H18N2OS. The van der Waals surface area contributed by atoms with Crippen LogP contribution in [0.15, 0.2) is 28.2 Å². The van der Waals surface area contributed by atoms with Gasteiger partial charge in [-0.1, -0.05) is 0 Å². The summed E-state index contributed by atoms with van der Waals surface area (Å²) in [7, 11) is 2.01. The zero-order valence-electron chi connectivity index (χ0n) is 10.3. The van der Waals surface area contributed by atoms with Crippen molar-refractivity contribution >= 4 is 11.3 Å². The van der Waals surface area contributed by atoms with Gasteiger partial charge in [0.25, 0.3) is 0 Å². The summed E-state index contributed by atoms with van der Waals surface area (Å²) in [5.41, 5.74) is 1.12. The Bertz CT molecular complexity index is 436. The molecule has 3 nitrogen and oxygen atoms in total. The Morgan fingerprint density at radius 2 is 2.41 bits per heavy atom. The quantitative estimate of drug-likeness (QED) is 0.856. The van der Waals surface area contributed by atoms with Crippen molar-refractivity contribution in [3.8, 4) is 0 Å². The molecule has 4 heteroatoms. The molecule has 0 aromatic carbocycles. The molecule has 2 aromatic heterocycles. The molecule has 0 bridgehead atoms. The summed E-state index contributed by atoms with van der Waals surface area (Å²) < 4.78 is 5.34. The summed E-state index contributed by atoms with van der Waals surface area (Å²) >= 11 is 1.74. The maximum atomic E-state index is 5.34. The first kappa shape index (κ1) is 12.3. The van der Waals surface area contributed by atoms with Crippen molar-refractivity contribution in [2.24, 2.45) is 0 Å². The average Bonchev–Trinajstić information content (AvgIpc) is 2.96. The Balaban J connectivity index is 1.84. The third-order valence-corrected chi connectivity index (χ3v) is 3.80. The Hall–Kier alpha value is -1.13. The molecule has 2 heterocycles. The van der Waals surface area contributed by atoms with E-state index in [2.05, 4.69) is 15.7 Å². The molecule has 0 saturated carbocycles. The number of aromatic nitrogens is 1. The maximum Gasteiger partial charge on any atom is 0.103 e. The average molecular weight is 250 g/mol. The molecule has 2 aromatic rings. The van der Waals surface area contributed by atoms with E-state index in [1.54, 1.807) is 17.6 Å². The van der Waals surface area contributed by atoms with Crippen molar-refractivity contribution in [2.75, 3.05) is 7.05 Å². The van der Waals surface area contributed by atoms with Crippen LogP contribution in [0, 0.1) is 6.92 Å². The maximum absolute atomic E-state index is 5.34. The molecule has 0 aliphatic heterocycles. The molecule has 0 aliphatic carbocycles. The van der Waals surface area contributed by atoms with E-state index in [9.17, 15) is 0 Å². The fourth-order valence-electron chi connectivity index (χ4n) is 1.83. The third-order valence-electron chi connectivity index (χ3n) is 2.82. The summed E-state index contributed by atoms with van der Waals surface area (Å²) in [5, 5.41) is 6.66. The monoisotopic (exact) mass is 250 g/mol. The fourth-order valence-corrected chi connectivity index (χ4v) is 2.68. The van der Waals surface area contributed by atoms with Crippen LogP contribution in [0.3, 0.4) is 0 Å². The van der Waals surface area contributed by atoms with Crippen LogP contribution in [-0.4, -0.2) is 18.1 Å². The molecule has 1 unspecified atom stereocenters. The molecule has 0 amide bonds. The second-order valence-electron chi connectivity index (χ2n) is 4.19. The number of aryl methyl sites for hydroxylation is 2. The standard InChI is InChI=1S/C13H18N2OS/c1-10-9-17-13(15-10)8-11(14-2)5-6-12-4-3-7-16-12/h3-4,7,9,11,14H,5-6,8H2,1-2H3. The minimum Gasteiger partial charge on any atom is -0.469 e. The lowest BCUT2D eigenvalue weighted by molar-refractivity contribution is 0.460. The predicted octanol–water partition coefficient (Wildman–Crippen LogP) is 2.81. The summed E-state index contributed by atoms with van der Waals surface area (Å²) in [4.78, 5) is 4.50.